The number of piperazine rings is 1. The molecule has 2 amide bonds. The highest BCUT2D eigenvalue weighted by Gasteiger charge is 2.23. The van der Waals surface area contributed by atoms with Crippen molar-refractivity contribution >= 4 is 23.6 Å². The number of nitrogens with one attached hydrogen (secondary N) is 1. The molecule has 1 aliphatic rings. The van der Waals surface area contributed by atoms with Crippen molar-refractivity contribution in [1.29, 1.82) is 0 Å². The van der Waals surface area contributed by atoms with Crippen LogP contribution in [0.1, 0.15) is 15.9 Å². The maximum absolute atomic E-state index is 12.5. The van der Waals surface area contributed by atoms with E-state index >= 15 is 0 Å². The molecular formula is C22H27N3O2S. The fourth-order valence-electron chi connectivity index (χ4n) is 3.13. The third-order valence-corrected chi connectivity index (χ3v) is 5.78. The van der Waals surface area contributed by atoms with Crippen LogP contribution in [0.2, 0.25) is 0 Å². The van der Waals surface area contributed by atoms with Crippen LogP contribution in [0, 0.1) is 6.92 Å². The Kier molecular flexibility index (Phi) is 7.51. The van der Waals surface area contributed by atoms with Crippen molar-refractivity contribution in [2.75, 3.05) is 45.0 Å². The van der Waals surface area contributed by atoms with Gasteiger partial charge in [-0.2, -0.15) is 0 Å². The van der Waals surface area contributed by atoms with Gasteiger partial charge < -0.3 is 10.2 Å². The lowest BCUT2D eigenvalue weighted by molar-refractivity contribution is -0.122. The predicted molar refractivity (Wildman–Crippen MR) is 114 cm³/mol. The molecule has 0 bridgehead atoms. The van der Waals surface area contributed by atoms with Crippen LogP contribution >= 0.6 is 11.8 Å². The fraction of sp³-hybridized carbons (Fsp3) is 0.364. The summed E-state index contributed by atoms with van der Waals surface area (Å²) in [6, 6.07) is 17.8. The highest BCUT2D eigenvalue weighted by molar-refractivity contribution is 7.99. The monoisotopic (exact) mass is 397 g/mol. The number of amides is 2. The minimum Gasteiger partial charge on any atom is -0.354 e. The number of carbonyl (C=O) groups is 2. The smallest absolute Gasteiger partial charge is 0.253 e. The maximum atomic E-state index is 12.5. The molecular weight excluding hydrogens is 370 g/mol. The molecule has 0 atom stereocenters. The SMILES string of the molecule is Cc1ccc(SCCNC(=O)CN2CCN(C(=O)c3ccccc3)CC2)cc1. The highest BCUT2D eigenvalue weighted by Crippen LogP contribution is 2.17. The topological polar surface area (TPSA) is 52.7 Å². The van der Waals surface area contributed by atoms with Crippen molar-refractivity contribution in [3.63, 3.8) is 0 Å². The summed E-state index contributed by atoms with van der Waals surface area (Å²) in [5.74, 6) is 0.971. The van der Waals surface area contributed by atoms with Crippen molar-refractivity contribution < 1.29 is 9.59 Å². The fourth-order valence-corrected chi connectivity index (χ4v) is 3.89. The van der Waals surface area contributed by atoms with Gasteiger partial charge >= 0.3 is 0 Å². The molecule has 1 N–H and O–H groups in total. The van der Waals surface area contributed by atoms with Gasteiger partial charge in [0.25, 0.3) is 5.91 Å². The van der Waals surface area contributed by atoms with E-state index in [2.05, 4.69) is 41.4 Å². The molecule has 1 aliphatic heterocycles. The van der Waals surface area contributed by atoms with Gasteiger partial charge in [0.15, 0.2) is 0 Å². The molecule has 1 saturated heterocycles. The first-order chi connectivity index (χ1) is 13.6. The zero-order chi connectivity index (χ0) is 19.8. The molecule has 0 saturated carbocycles. The van der Waals surface area contributed by atoms with E-state index in [0.29, 0.717) is 26.2 Å². The molecule has 6 heteroatoms. The third-order valence-electron chi connectivity index (χ3n) is 4.76. The van der Waals surface area contributed by atoms with Gasteiger partial charge in [-0.25, -0.2) is 0 Å². The first-order valence-corrected chi connectivity index (χ1v) is 10.6. The lowest BCUT2D eigenvalue weighted by Gasteiger charge is -2.34. The van der Waals surface area contributed by atoms with Crippen LogP contribution in [0.5, 0.6) is 0 Å². The molecule has 2 aromatic rings. The minimum absolute atomic E-state index is 0.0485. The normalized spacial score (nSPS) is 14.7. The maximum Gasteiger partial charge on any atom is 0.253 e. The summed E-state index contributed by atoms with van der Waals surface area (Å²) < 4.78 is 0. The van der Waals surface area contributed by atoms with E-state index in [-0.39, 0.29) is 11.8 Å². The first kappa shape index (κ1) is 20.4. The Labute approximate surface area is 171 Å². The largest absolute Gasteiger partial charge is 0.354 e. The van der Waals surface area contributed by atoms with E-state index in [0.717, 1.165) is 24.4 Å². The first-order valence-electron chi connectivity index (χ1n) is 9.64. The number of nitrogens with zero attached hydrogens (tertiary/aromatic N) is 2. The van der Waals surface area contributed by atoms with Crippen molar-refractivity contribution in [3.05, 3.63) is 65.7 Å². The van der Waals surface area contributed by atoms with Crippen LogP contribution < -0.4 is 5.32 Å². The van der Waals surface area contributed by atoms with Crippen LogP contribution in [0.4, 0.5) is 0 Å². The van der Waals surface area contributed by atoms with Crippen molar-refractivity contribution in [2.24, 2.45) is 0 Å². The highest BCUT2D eigenvalue weighted by atomic mass is 32.2. The van der Waals surface area contributed by atoms with E-state index in [4.69, 9.17) is 0 Å². The van der Waals surface area contributed by atoms with E-state index in [1.807, 2.05) is 35.2 Å². The van der Waals surface area contributed by atoms with Crippen LogP contribution in [-0.2, 0) is 4.79 Å². The zero-order valence-corrected chi connectivity index (χ0v) is 17.1. The van der Waals surface area contributed by atoms with E-state index in [1.54, 1.807) is 11.8 Å². The van der Waals surface area contributed by atoms with Gasteiger partial charge in [0, 0.05) is 48.9 Å². The second-order valence-corrected chi connectivity index (χ2v) is 8.11. The van der Waals surface area contributed by atoms with Crippen LogP contribution in [0.25, 0.3) is 0 Å². The van der Waals surface area contributed by atoms with Crippen molar-refractivity contribution in [1.82, 2.24) is 15.1 Å². The van der Waals surface area contributed by atoms with Crippen LogP contribution in [0.3, 0.4) is 0 Å². The van der Waals surface area contributed by atoms with Gasteiger partial charge in [0.1, 0.15) is 0 Å². The van der Waals surface area contributed by atoms with E-state index in [9.17, 15) is 9.59 Å². The van der Waals surface area contributed by atoms with E-state index in [1.165, 1.54) is 10.5 Å². The Morgan fingerprint density at radius 2 is 1.64 bits per heavy atom. The molecule has 0 unspecified atom stereocenters. The number of carbonyl (C=O) groups excluding carboxylic acids is 2. The molecule has 1 heterocycles. The predicted octanol–water partition coefficient (Wildman–Crippen LogP) is 2.66. The average molecular weight is 398 g/mol. The molecule has 0 radical (unpaired) electrons. The van der Waals surface area contributed by atoms with Crippen LogP contribution in [-0.4, -0.2) is 66.6 Å². The summed E-state index contributed by atoms with van der Waals surface area (Å²) in [6.07, 6.45) is 0. The molecule has 0 spiro atoms. The minimum atomic E-state index is 0.0485. The van der Waals surface area contributed by atoms with Gasteiger partial charge in [-0.3, -0.25) is 14.5 Å². The quantitative estimate of drug-likeness (QED) is 0.577. The number of hydrogen-bond acceptors (Lipinski definition) is 4. The van der Waals surface area contributed by atoms with E-state index < -0.39 is 0 Å². The Bertz CT molecular complexity index is 772. The third kappa shape index (κ3) is 6.11. The number of hydrogen-bond donors (Lipinski definition) is 1. The number of benzene rings is 2. The zero-order valence-electron chi connectivity index (χ0n) is 16.3. The Hall–Kier alpha value is -2.31. The Morgan fingerprint density at radius 1 is 0.964 bits per heavy atom. The molecule has 1 fully saturated rings. The molecule has 2 aromatic carbocycles. The lowest BCUT2D eigenvalue weighted by atomic mass is 10.2. The van der Waals surface area contributed by atoms with Crippen LogP contribution in [0.15, 0.2) is 59.5 Å². The van der Waals surface area contributed by atoms with Gasteiger partial charge in [0.05, 0.1) is 6.54 Å². The van der Waals surface area contributed by atoms with Gasteiger partial charge in [-0.05, 0) is 31.2 Å². The lowest BCUT2D eigenvalue weighted by Crippen LogP contribution is -2.51. The number of thioether (sulfide) groups is 1. The van der Waals surface area contributed by atoms with Crippen molar-refractivity contribution in [3.8, 4) is 0 Å². The Balaban J connectivity index is 1.32. The molecule has 28 heavy (non-hydrogen) atoms. The van der Waals surface area contributed by atoms with Gasteiger partial charge in [-0.15, -0.1) is 11.8 Å². The molecule has 148 valence electrons. The van der Waals surface area contributed by atoms with Gasteiger partial charge in [0.2, 0.25) is 5.91 Å². The second-order valence-electron chi connectivity index (χ2n) is 6.95. The molecule has 3 rings (SSSR count). The second kappa shape index (κ2) is 10.3. The summed E-state index contributed by atoms with van der Waals surface area (Å²) >= 11 is 1.75. The summed E-state index contributed by atoms with van der Waals surface area (Å²) in [6.45, 7) is 5.89. The summed E-state index contributed by atoms with van der Waals surface area (Å²) in [4.78, 5) is 29.8. The number of rotatable bonds is 7. The standard InChI is InChI=1S/C22H27N3O2S/c1-18-7-9-20(10-8-18)28-16-11-23-21(26)17-24-12-14-25(15-13-24)22(27)19-5-3-2-4-6-19/h2-10H,11-17H2,1H3,(H,23,26). The average Bonchev–Trinajstić information content (AvgIpc) is 2.73. The summed E-state index contributed by atoms with van der Waals surface area (Å²) in [5.41, 5.74) is 1.97. The van der Waals surface area contributed by atoms with Gasteiger partial charge in [-0.1, -0.05) is 35.9 Å². The Morgan fingerprint density at radius 3 is 2.32 bits per heavy atom. The summed E-state index contributed by atoms with van der Waals surface area (Å²) in [5, 5.41) is 2.99. The summed E-state index contributed by atoms with van der Waals surface area (Å²) in [7, 11) is 0. The molecule has 5 nitrogen and oxygen atoms in total. The molecule has 0 aliphatic carbocycles. The molecule has 0 aromatic heterocycles. The number of aryl methyl sites for hydroxylation is 1. The van der Waals surface area contributed by atoms with Crippen molar-refractivity contribution in [2.45, 2.75) is 11.8 Å².